The summed E-state index contributed by atoms with van der Waals surface area (Å²) in [4.78, 5) is 0. The smallest absolute Gasteiger partial charge is 0.112 e. The van der Waals surface area contributed by atoms with Crippen LogP contribution in [0.1, 0.15) is 12.8 Å². The molecule has 2 aliphatic rings. The summed E-state index contributed by atoms with van der Waals surface area (Å²) in [5, 5.41) is 9.27. The molecule has 0 amide bonds. The molecule has 0 aliphatic carbocycles. The van der Waals surface area contributed by atoms with E-state index in [4.69, 9.17) is 9.47 Å². The Labute approximate surface area is 59.9 Å². The Morgan fingerprint density at radius 1 is 1.30 bits per heavy atom. The molecule has 0 radical (unpaired) electrons. The van der Waals surface area contributed by atoms with Gasteiger partial charge in [0.1, 0.15) is 12.2 Å². The molecule has 3 heteroatoms. The van der Waals surface area contributed by atoms with Gasteiger partial charge in [0.25, 0.3) is 0 Å². The Balaban J connectivity index is 2.01. The predicted molar refractivity (Wildman–Crippen MR) is 34.7 cm³/mol. The highest BCUT2D eigenvalue weighted by Crippen LogP contribution is 2.25. The molecule has 2 fully saturated rings. The average molecular weight is 144 g/mol. The standard InChI is InChI=1S/C7H12O3/c8-5-4-10-6-2-1-3-9-7(5)6/h5-8H,1-4H2/t5-,6-,7-/m0/s1. The summed E-state index contributed by atoms with van der Waals surface area (Å²) in [7, 11) is 0. The van der Waals surface area contributed by atoms with Crippen molar-refractivity contribution in [3.05, 3.63) is 0 Å². The minimum Gasteiger partial charge on any atom is -0.388 e. The number of hydrogen-bond donors (Lipinski definition) is 1. The normalized spacial score (nSPS) is 47.1. The van der Waals surface area contributed by atoms with Crippen molar-refractivity contribution >= 4 is 0 Å². The Morgan fingerprint density at radius 3 is 3.00 bits per heavy atom. The Bertz CT molecular complexity index is 124. The van der Waals surface area contributed by atoms with Crippen molar-refractivity contribution in [2.75, 3.05) is 13.2 Å². The molecule has 10 heavy (non-hydrogen) atoms. The van der Waals surface area contributed by atoms with Crippen molar-refractivity contribution in [2.45, 2.75) is 31.2 Å². The highest BCUT2D eigenvalue weighted by atomic mass is 16.6. The SMILES string of the molecule is O[C@H]1CO[C@H]2CCCO[C@H]21. The van der Waals surface area contributed by atoms with Gasteiger partial charge in [0.15, 0.2) is 0 Å². The zero-order valence-corrected chi connectivity index (χ0v) is 5.82. The lowest BCUT2D eigenvalue weighted by Crippen LogP contribution is -2.36. The molecule has 0 aromatic rings. The van der Waals surface area contributed by atoms with Gasteiger partial charge in [-0.2, -0.15) is 0 Å². The van der Waals surface area contributed by atoms with Gasteiger partial charge in [-0.15, -0.1) is 0 Å². The number of ether oxygens (including phenoxy) is 2. The third-order valence-electron chi connectivity index (χ3n) is 2.17. The minimum atomic E-state index is -0.384. The third kappa shape index (κ3) is 0.944. The van der Waals surface area contributed by atoms with Gasteiger partial charge in [0.05, 0.1) is 12.7 Å². The fourth-order valence-corrected chi connectivity index (χ4v) is 1.63. The van der Waals surface area contributed by atoms with Crippen LogP contribution in [0.2, 0.25) is 0 Å². The molecular formula is C7H12O3. The van der Waals surface area contributed by atoms with E-state index in [9.17, 15) is 5.11 Å². The molecule has 0 bridgehead atoms. The molecule has 2 rings (SSSR count). The second kappa shape index (κ2) is 2.49. The van der Waals surface area contributed by atoms with Crippen molar-refractivity contribution in [3.63, 3.8) is 0 Å². The fourth-order valence-electron chi connectivity index (χ4n) is 1.63. The summed E-state index contributed by atoms with van der Waals surface area (Å²) in [6.45, 7) is 1.23. The predicted octanol–water partition coefficient (Wildman–Crippen LogP) is -0.0749. The van der Waals surface area contributed by atoms with Crippen LogP contribution in [0.15, 0.2) is 0 Å². The van der Waals surface area contributed by atoms with Crippen molar-refractivity contribution in [1.29, 1.82) is 0 Å². The number of rotatable bonds is 0. The van der Waals surface area contributed by atoms with Crippen molar-refractivity contribution in [1.82, 2.24) is 0 Å². The highest BCUT2D eigenvalue weighted by Gasteiger charge is 2.38. The van der Waals surface area contributed by atoms with E-state index >= 15 is 0 Å². The molecule has 0 unspecified atom stereocenters. The zero-order chi connectivity index (χ0) is 6.97. The van der Waals surface area contributed by atoms with Crippen LogP contribution in [-0.2, 0) is 9.47 Å². The van der Waals surface area contributed by atoms with Gasteiger partial charge in [-0.05, 0) is 12.8 Å². The zero-order valence-electron chi connectivity index (χ0n) is 5.82. The molecular weight excluding hydrogens is 132 g/mol. The Kier molecular flexibility index (Phi) is 1.64. The number of hydrogen-bond acceptors (Lipinski definition) is 3. The molecule has 0 spiro atoms. The first-order chi connectivity index (χ1) is 4.88. The maximum absolute atomic E-state index is 9.27. The second-order valence-electron chi connectivity index (χ2n) is 2.92. The van der Waals surface area contributed by atoms with Crippen molar-refractivity contribution < 1.29 is 14.6 Å². The lowest BCUT2D eigenvalue weighted by atomic mass is 10.0. The summed E-state index contributed by atoms with van der Waals surface area (Å²) in [5.74, 6) is 0. The summed E-state index contributed by atoms with van der Waals surface area (Å²) in [6, 6.07) is 0. The largest absolute Gasteiger partial charge is 0.388 e. The van der Waals surface area contributed by atoms with Gasteiger partial charge in [-0.25, -0.2) is 0 Å². The Hall–Kier alpha value is -0.120. The van der Waals surface area contributed by atoms with Gasteiger partial charge >= 0.3 is 0 Å². The Morgan fingerprint density at radius 2 is 2.20 bits per heavy atom. The molecule has 3 atom stereocenters. The first-order valence-corrected chi connectivity index (χ1v) is 3.79. The number of aliphatic hydroxyl groups excluding tert-OH is 1. The van der Waals surface area contributed by atoms with Crippen LogP contribution in [0.25, 0.3) is 0 Å². The van der Waals surface area contributed by atoms with Crippen LogP contribution in [0.5, 0.6) is 0 Å². The molecule has 58 valence electrons. The molecule has 0 aromatic heterocycles. The van der Waals surface area contributed by atoms with E-state index < -0.39 is 0 Å². The summed E-state index contributed by atoms with van der Waals surface area (Å²) in [5.41, 5.74) is 0. The van der Waals surface area contributed by atoms with Crippen molar-refractivity contribution in [2.24, 2.45) is 0 Å². The fraction of sp³-hybridized carbons (Fsp3) is 1.00. The van der Waals surface area contributed by atoms with Crippen LogP contribution in [0, 0.1) is 0 Å². The van der Waals surface area contributed by atoms with E-state index in [1.165, 1.54) is 0 Å². The third-order valence-corrected chi connectivity index (χ3v) is 2.17. The van der Waals surface area contributed by atoms with Gasteiger partial charge in [-0.1, -0.05) is 0 Å². The molecule has 2 saturated heterocycles. The monoisotopic (exact) mass is 144 g/mol. The van der Waals surface area contributed by atoms with E-state index in [0.717, 1.165) is 19.4 Å². The van der Waals surface area contributed by atoms with E-state index in [-0.39, 0.29) is 18.3 Å². The maximum Gasteiger partial charge on any atom is 0.112 e. The van der Waals surface area contributed by atoms with Gasteiger partial charge in [0.2, 0.25) is 0 Å². The molecule has 1 N–H and O–H groups in total. The average Bonchev–Trinajstić information content (AvgIpc) is 2.34. The molecule has 0 aromatic carbocycles. The van der Waals surface area contributed by atoms with Gasteiger partial charge < -0.3 is 14.6 Å². The summed E-state index contributed by atoms with van der Waals surface area (Å²) >= 11 is 0. The molecule has 0 saturated carbocycles. The topological polar surface area (TPSA) is 38.7 Å². The highest BCUT2D eigenvalue weighted by molar-refractivity contribution is 4.86. The van der Waals surface area contributed by atoms with Crippen LogP contribution >= 0.6 is 0 Å². The van der Waals surface area contributed by atoms with Crippen LogP contribution in [0.3, 0.4) is 0 Å². The first-order valence-electron chi connectivity index (χ1n) is 3.79. The second-order valence-corrected chi connectivity index (χ2v) is 2.92. The molecule has 2 aliphatic heterocycles. The van der Waals surface area contributed by atoms with E-state index in [1.807, 2.05) is 0 Å². The first kappa shape index (κ1) is 6.58. The van der Waals surface area contributed by atoms with E-state index in [2.05, 4.69) is 0 Å². The number of fused-ring (bicyclic) bond motifs is 1. The quantitative estimate of drug-likeness (QED) is 0.517. The van der Waals surface area contributed by atoms with Gasteiger partial charge in [-0.3, -0.25) is 0 Å². The van der Waals surface area contributed by atoms with Crippen LogP contribution in [-0.4, -0.2) is 36.6 Å². The van der Waals surface area contributed by atoms with Crippen molar-refractivity contribution in [3.8, 4) is 0 Å². The lowest BCUT2D eigenvalue weighted by Gasteiger charge is -2.25. The number of aliphatic hydroxyl groups is 1. The van der Waals surface area contributed by atoms with E-state index in [1.54, 1.807) is 0 Å². The van der Waals surface area contributed by atoms with Crippen LogP contribution < -0.4 is 0 Å². The summed E-state index contributed by atoms with van der Waals surface area (Å²) < 4.78 is 10.6. The lowest BCUT2D eigenvalue weighted by molar-refractivity contribution is -0.0688. The van der Waals surface area contributed by atoms with Gasteiger partial charge in [0, 0.05) is 6.61 Å². The summed E-state index contributed by atoms with van der Waals surface area (Å²) in [6.07, 6.45) is 1.86. The molecule has 2 heterocycles. The maximum atomic E-state index is 9.27. The van der Waals surface area contributed by atoms with E-state index in [0.29, 0.717) is 6.61 Å². The van der Waals surface area contributed by atoms with Crippen LogP contribution in [0.4, 0.5) is 0 Å². The molecule has 3 nitrogen and oxygen atoms in total. The minimum absolute atomic E-state index is 0.0336.